The number of nitrogens with zero attached hydrogens (tertiary/aromatic N) is 1. The van der Waals surface area contributed by atoms with Crippen LogP contribution in [0.4, 0.5) is 5.69 Å². The summed E-state index contributed by atoms with van der Waals surface area (Å²) in [6, 6.07) is 8.30. The van der Waals surface area contributed by atoms with Gasteiger partial charge in [0.25, 0.3) is 0 Å². The van der Waals surface area contributed by atoms with Crippen molar-refractivity contribution in [2.45, 2.75) is 51.5 Å². The molecule has 0 atom stereocenters. The molecule has 0 bridgehead atoms. The summed E-state index contributed by atoms with van der Waals surface area (Å²) in [5, 5.41) is 0. The van der Waals surface area contributed by atoms with Crippen molar-refractivity contribution in [2.24, 2.45) is 0 Å². The van der Waals surface area contributed by atoms with E-state index in [1.165, 1.54) is 31.2 Å². The van der Waals surface area contributed by atoms with E-state index in [1.54, 1.807) is 0 Å². The molecule has 0 saturated heterocycles. The third-order valence-corrected chi connectivity index (χ3v) is 4.03. The maximum absolute atomic E-state index is 12.3. The lowest BCUT2D eigenvalue weighted by atomic mass is 10.1. The van der Waals surface area contributed by atoms with Crippen LogP contribution in [0.2, 0.25) is 0 Å². The SMILES string of the molecule is CCN(C(=O)CCc1ccc(N)cc1)C1CCCC1. The van der Waals surface area contributed by atoms with E-state index in [-0.39, 0.29) is 0 Å². The van der Waals surface area contributed by atoms with E-state index in [4.69, 9.17) is 5.73 Å². The van der Waals surface area contributed by atoms with Crippen molar-refractivity contribution >= 4 is 11.6 Å². The molecule has 0 radical (unpaired) electrons. The molecule has 1 aliphatic carbocycles. The third kappa shape index (κ3) is 3.72. The number of rotatable bonds is 5. The number of aryl methyl sites for hydroxylation is 1. The van der Waals surface area contributed by atoms with E-state index in [1.807, 2.05) is 24.3 Å². The largest absolute Gasteiger partial charge is 0.399 e. The van der Waals surface area contributed by atoms with Gasteiger partial charge in [-0.05, 0) is 43.9 Å². The van der Waals surface area contributed by atoms with Gasteiger partial charge in [0, 0.05) is 24.7 Å². The second kappa shape index (κ2) is 6.60. The number of benzene rings is 1. The quantitative estimate of drug-likeness (QED) is 0.827. The smallest absolute Gasteiger partial charge is 0.223 e. The molecule has 0 unspecified atom stereocenters. The lowest BCUT2D eigenvalue weighted by Crippen LogP contribution is -2.38. The zero-order valence-corrected chi connectivity index (χ0v) is 11.8. The van der Waals surface area contributed by atoms with Crippen LogP contribution in [-0.2, 0) is 11.2 Å². The second-order valence-electron chi connectivity index (χ2n) is 5.36. The molecule has 3 nitrogen and oxygen atoms in total. The normalized spacial score (nSPS) is 15.6. The Morgan fingerprint density at radius 3 is 2.47 bits per heavy atom. The minimum Gasteiger partial charge on any atom is -0.399 e. The van der Waals surface area contributed by atoms with E-state index in [0.29, 0.717) is 18.4 Å². The van der Waals surface area contributed by atoms with Gasteiger partial charge in [0.05, 0.1) is 0 Å². The Hall–Kier alpha value is -1.51. The molecule has 1 aliphatic rings. The first-order valence-corrected chi connectivity index (χ1v) is 7.34. The highest BCUT2D eigenvalue weighted by Crippen LogP contribution is 2.24. The first-order chi connectivity index (χ1) is 9.20. The Morgan fingerprint density at radius 1 is 1.26 bits per heavy atom. The number of amides is 1. The second-order valence-corrected chi connectivity index (χ2v) is 5.36. The van der Waals surface area contributed by atoms with Crippen LogP contribution in [-0.4, -0.2) is 23.4 Å². The number of hydrogen-bond donors (Lipinski definition) is 1. The fourth-order valence-corrected chi connectivity index (χ4v) is 2.93. The lowest BCUT2D eigenvalue weighted by Gasteiger charge is -2.27. The van der Waals surface area contributed by atoms with Crippen molar-refractivity contribution < 1.29 is 4.79 Å². The molecule has 0 heterocycles. The topological polar surface area (TPSA) is 46.3 Å². The van der Waals surface area contributed by atoms with E-state index in [9.17, 15) is 4.79 Å². The molecule has 1 amide bonds. The van der Waals surface area contributed by atoms with Crippen molar-refractivity contribution in [3.63, 3.8) is 0 Å². The fourth-order valence-electron chi connectivity index (χ4n) is 2.93. The van der Waals surface area contributed by atoms with Crippen LogP contribution < -0.4 is 5.73 Å². The van der Waals surface area contributed by atoms with Gasteiger partial charge in [0.15, 0.2) is 0 Å². The molecule has 104 valence electrons. The molecule has 1 saturated carbocycles. The van der Waals surface area contributed by atoms with Crippen LogP contribution in [0.25, 0.3) is 0 Å². The number of nitrogens with two attached hydrogens (primary N) is 1. The average molecular weight is 260 g/mol. The van der Waals surface area contributed by atoms with Gasteiger partial charge in [0.1, 0.15) is 0 Å². The Morgan fingerprint density at radius 2 is 1.89 bits per heavy atom. The van der Waals surface area contributed by atoms with Crippen molar-refractivity contribution in [1.29, 1.82) is 0 Å². The van der Waals surface area contributed by atoms with Crippen LogP contribution >= 0.6 is 0 Å². The summed E-state index contributed by atoms with van der Waals surface area (Å²) in [4.78, 5) is 14.4. The minimum atomic E-state index is 0.297. The summed E-state index contributed by atoms with van der Waals surface area (Å²) in [5.74, 6) is 0.297. The van der Waals surface area contributed by atoms with Crippen LogP contribution in [0.3, 0.4) is 0 Å². The molecular weight excluding hydrogens is 236 g/mol. The molecule has 19 heavy (non-hydrogen) atoms. The molecule has 1 fully saturated rings. The third-order valence-electron chi connectivity index (χ3n) is 4.03. The van der Waals surface area contributed by atoms with Crippen LogP contribution in [0.15, 0.2) is 24.3 Å². The monoisotopic (exact) mass is 260 g/mol. The maximum atomic E-state index is 12.3. The van der Waals surface area contributed by atoms with Crippen LogP contribution in [0.5, 0.6) is 0 Å². The molecule has 1 aromatic rings. The zero-order valence-electron chi connectivity index (χ0n) is 11.8. The van der Waals surface area contributed by atoms with Gasteiger partial charge in [-0.25, -0.2) is 0 Å². The Labute approximate surface area is 115 Å². The predicted molar refractivity (Wildman–Crippen MR) is 78.8 cm³/mol. The van der Waals surface area contributed by atoms with Crippen molar-refractivity contribution in [2.75, 3.05) is 12.3 Å². The van der Waals surface area contributed by atoms with Crippen molar-refractivity contribution in [1.82, 2.24) is 4.90 Å². The van der Waals surface area contributed by atoms with E-state index in [2.05, 4.69) is 11.8 Å². The molecule has 0 spiro atoms. The van der Waals surface area contributed by atoms with Gasteiger partial charge in [0.2, 0.25) is 5.91 Å². The highest BCUT2D eigenvalue weighted by atomic mass is 16.2. The van der Waals surface area contributed by atoms with E-state index >= 15 is 0 Å². The number of nitrogen functional groups attached to an aromatic ring is 1. The summed E-state index contributed by atoms with van der Waals surface area (Å²) < 4.78 is 0. The van der Waals surface area contributed by atoms with Gasteiger partial charge >= 0.3 is 0 Å². The number of hydrogen-bond acceptors (Lipinski definition) is 2. The molecule has 1 aromatic carbocycles. The van der Waals surface area contributed by atoms with Crippen LogP contribution in [0, 0.1) is 0 Å². The average Bonchev–Trinajstić information content (AvgIpc) is 2.93. The first kappa shape index (κ1) is 13.9. The maximum Gasteiger partial charge on any atom is 0.223 e. The summed E-state index contributed by atoms with van der Waals surface area (Å²) in [6.45, 7) is 2.92. The Kier molecular flexibility index (Phi) is 4.83. The highest BCUT2D eigenvalue weighted by Gasteiger charge is 2.24. The van der Waals surface area contributed by atoms with E-state index in [0.717, 1.165) is 18.7 Å². The van der Waals surface area contributed by atoms with Crippen molar-refractivity contribution in [3.8, 4) is 0 Å². The summed E-state index contributed by atoms with van der Waals surface area (Å²) >= 11 is 0. The van der Waals surface area contributed by atoms with Gasteiger partial charge < -0.3 is 10.6 Å². The van der Waals surface area contributed by atoms with Gasteiger partial charge in [-0.2, -0.15) is 0 Å². The fraction of sp³-hybridized carbons (Fsp3) is 0.562. The Bertz CT molecular complexity index is 407. The molecule has 0 aromatic heterocycles. The highest BCUT2D eigenvalue weighted by molar-refractivity contribution is 5.76. The molecule has 3 heteroatoms. The summed E-state index contributed by atoms with van der Waals surface area (Å²) in [7, 11) is 0. The first-order valence-electron chi connectivity index (χ1n) is 7.34. The molecule has 2 rings (SSSR count). The number of anilines is 1. The van der Waals surface area contributed by atoms with Crippen LogP contribution in [0.1, 0.15) is 44.6 Å². The standard InChI is InChI=1S/C16H24N2O/c1-2-18(15-5-3-4-6-15)16(19)12-9-13-7-10-14(17)11-8-13/h7-8,10-11,15H,2-6,9,12,17H2,1H3. The van der Waals surface area contributed by atoms with Gasteiger partial charge in [-0.3, -0.25) is 4.79 Å². The summed E-state index contributed by atoms with van der Waals surface area (Å²) in [5.41, 5.74) is 7.62. The summed E-state index contributed by atoms with van der Waals surface area (Å²) in [6.07, 6.45) is 6.32. The van der Waals surface area contributed by atoms with Crippen molar-refractivity contribution in [3.05, 3.63) is 29.8 Å². The lowest BCUT2D eigenvalue weighted by molar-refractivity contribution is -0.133. The molecular formula is C16H24N2O. The number of carbonyl (C=O) groups is 1. The predicted octanol–water partition coefficient (Wildman–Crippen LogP) is 2.99. The number of carbonyl (C=O) groups excluding carboxylic acids is 1. The Balaban J connectivity index is 1.86. The van der Waals surface area contributed by atoms with Gasteiger partial charge in [-0.1, -0.05) is 25.0 Å². The van der Waals surface area contributed by atoms with E-state index < -0.39 is 0 Å². The molecule has 2 N–H and O–H groups in total. The molecule has 0 aliphatic heterocycles. The minimum absolute atomic E-state index is 0.297. The van der Waals surface area contributed by atoms with Gasteiger partial charge in [-0.15, -0.1) is 0 Å². The zero-order chi connectivity index (χ0) is 13.7.